The van der Waals surface area contributed by atoms with Crippen molar-refractivity contribution in [3.05, 3.63) is 44.9 Å². The van der Waals surface area contributed by atoms with Crippen LogP contribution in [0.2, 0.25) is 0 Å². The van der Waals surface area contributed by atoms with Gasteiger partial charge >= 0.3 is 5.69 Å². The number of nitrogens with zero attached hydrogens (tertiary/aromatic N) is 1. The lowest BCUT2D eigenvalue weighted by Crippen LogP contribution is -1.98. The van der Waals surface area contributed by atoms with E-state index in [1.54, 1.807) is 24.3 Å². The molecule has 0 aliphatic carbocycles. The highest BCUT2D eigenvalue weighted by Crippen LogP contribution is 2.29. The number of hydrogen-bond donors (Lipinski definition) is 0. The predicted octanol–water partition coefficient (Wildman–Crippen LogP) is 3.53. The molecule has 0 heterocycles. The van der Waals surface area contributed by atoms with Crippen molar-refractivity contribution >= 4 is 33.2 Å². The largest absolute Gasteiger partial charge is 0.483 e. The first-order chi connectivity index (χ1) is 7.65. The number of ether oxygens (including phenoxy) is 1. The Morgan fingerprint density at radius 3 is 2.88 bits per heavy atom. The van der Waals surface area contributed by atoms with Crippen molar-refractivity contribution in [1.82, 2.24) is 0 Å². The molecule has 0 aromatic heterocycles. The van der Waals surface area contributed by atoms with Gasteiger partial charge in [0.1, 0.15) is 6.61 Å². The normalized spacial score (nSPS) is 10.6. The predicted molar refractivity (Wildman–Crippen MR) is 66.2 cm³/mol. The molecule has 0 unspecified atom stereocenters. The molecule has 0 radical (unpaired) electrons. The first-order valence-electron chi connectivity index (χ1n) is 4.43. The Kier molecular flexibility index (Phi) is 5.28. The summed E-state index contributed by atoms with van der Waals surface area (Å²) in [5.41, 5.74) is -0.0614. The lowest BCUT2D eigenvalue weighted by atomic mass is 10.3. The van der Waals surface area contributed by atoms with E-state index in [1.165, 1.54) is 6.07 Å². The molecule has 1 rings (SSSR count). The molecule has 4 nitrogen and oxygen atoms in total. The van der Waals surface area contributed by atoms with Gasteiger partial charge < -0.3 is 4.74 Å². The van der Waals surface area contributed by atoms with Crippen molar-refractivity contribution in [2.24, 2.45) is 0 Å². The molecule has 0 saturated carbocycles. The number of alkyl halides is 1. The maximum absolute atomic E-state index is 10.7. The van der Waals surface area contributed by atoms with Crippen molar-refractivity contribution in [2.45, 2.75) is 0 Å². The van der Waals surface area contributed by atoms with Gasteiger partial charge in [-0.3, -0.25) is 10.1 Å². The number of nitro benzene ring substituents is 1. The van der Waals surface area contributed by atoms with Crippen LogP contribution in [-0.4, -0.2) is 17.4 Å². The summed E-state index contributed by atoms with van der Waals surface area (Å²) in [4.78, 5) is 10.2. The first-order valence-corrected chi connectivity index (χ1v) is 5.75. The number of allylic oxidation sites excluding steroid dienone is 1. The van der Waals surface area contributed by atoms with Gasteiger partial charge in [0.25, 0.3) is 0 Å². The minimum Gasteiger partial charge on any atom is -0.483 e. The number of nitro groups is 1. The Morgan fingerprint density at radius 2 is 2.25 bits per heavy atom. The second kappa shape index (κ2) is 6.50. The van der Waals surface area contributed by atoms with Gasteiger partial charge in [0.05, 0.1) is 4.92 Å². The molecule has 1 aromatic rings. The Balaban J connectivity index is 2.78. The van der Waals surface area contributed by atoms with Crippen LogP contribution in [0, 0.1) is 10.1 Å². The summed E-state index contributed by atoms with van der Waals surface area (Å²) in [6.07, 6.45) is 3.42. The van der Waals surface area contributed by atoms with Gasteiger partial charge in [-0.2, -0.15) is 0 Å². The van der Waals surface area contributed by atoms with Crippen LogP contribution >= 0.6 is 27.5 Å². The molecule has 0 atom stereocenters. The smallest absolute Gasteiger partial charge is 0.312 e. The van der Waals surface area contributed by atoms with Gasteiger partial charge in [0, 0.05) is 16.4 Å². The molecular weight excluding hydrogens is 297 g/mol. The Morgan fingerprint density at radius 1 is 1.50 bits per heavy atom. The molecule has 0 N–H and O–H groups in total. The minimum atomic E-state index is -0.481. The zero-order valence-electron chi connectivity index (χ0n) is 8.23. The van der Waals surface area contributed by atoms with Crippen molar-refractivity contribution in [2.75, 3.05) is 12.5 Å². The van der Waals surface area contributed by atoms with Crippen LogP contribution in [-0.2, 0) is 0 Å². The Hall–Kier alpha value is -1.07. The fraction of sp³-hybridized carbons (Fsp3) is 0.200. The first kappa shape index (κ1) is 13.0. The van der Waals surface area contributed by atoms with Gasteiger partial charge in [-0.25, -0.2) is 0 Å². The minimum absolute atomic E-state index is 0.0614. The van der Waals surface area contributed by atoms with Crippen molar-refractivity contribution in [3.8, 4) is 5.75 Å². The molecular formula is C10H9BrClNO3. The van der Waals surface area contributed by atoms with E-state index in [0.29, 0.717) is 10.4 Å². The zero-order chi connectivity index (χ0) is 12.0. The third-order valence-corrected chi connectivity index (χ3v) is 2.38. The van der Waals surface area contributed by atoms with Gasteiger partial charge in [-0.05, 0) is 12.1 Å². The van der Waals surface area contributed by atoms with E-state index >= 15 is 0 Å². The Bertz CT molecular complexity index is 409. The highest BCUT2D eigenvalue weighted by molar-refractivity contribution is 9.10. The summed E-state index contributed by atoms with van der Waals surface area (Å²) < 4.78 is 5.89. The molecule has 0 fully saturated rings. The van der Waals surface area contributed by atoms with Gasteiger partial charge in [-0.15, -0.1) is 11.6 Å². The van der Waals surface area contributed by atoms with E-state index in [4.69, 9.17) is 16.3 Å². The van der Waals surface area contributed by atoms with E-state index in [1.807, 2.05) is 0 Å². The number of halogens is 2. The average molecular weight is 307 g/mol. The monoisotopic (exact) mass is 305 g/mol. The van der Waals surface area contributed by atoms with Crippen molar-refractivity contribution in [1.29, 1.82) is 0 Å². The second-order valence-electron chi connectivity index (χ2n) is 2.81. The third-order valence-electron chi connectivity index (χ3n) is 1.71. The number of benzene rings is 1. The molecule has 0 aliphatic heterocycles. The van der Waals surface area contributed by atoms with Crippen LogP contribution in [0.4, 0.5) is 5.69 Å². The van der Waals surface area contributed by atoms with Crippen LogP contribution in [0.3, 0.4) is 0 Å². The summed E-state index contributed by atoms with van der Waals surface area (Å²) in [5, 5.41) is 10.7. The quantitative estimate of drug-likeness (QED) is 0.362. The zero-order valence-corrected chi connectivity index (χ0v) is 10.6. The highest BCUT2D eigenvalue weighted by atomic mass is 79.9. The van der Waals surface area contributed by atoms with Crippen molar-refractivity contribution in [3.63, 3.8) is 0 Å². The standard InChI is InChI=1S/C10H9BrClNO3/c11-8-3-4-10(9(7-8)13(14)15)16-6-2-1-5-12/h1-4,7H,5-6H2. The van der Waals surface area contributed by atoms with E-state index in [9.17, 15) is 10.1 Å². The van der Waals surface area contributed by atoms with Gasteiger partial charge in [0.15, 0.2) is 5.75 Å². The molecule has 86 valence electrons. The maximum atomic E-state index is 10.7. The van der Waals surface area contributed by atoms with Crippen LogP contribution in [0.1, 0.15) is 0 Å². The SMILES string of the molecule is O=[N+]([O-])c1cc(Br)ccc1OCC=CCCl. The molecule has 0 amide bonds. The lowest BCUT2D eigenvalue weighted by molar-refractivity contribution is -0.385. The van der Waals surface area contributed by atoms with Crippen molar-refractivity contribution < 1.29 is 9.66 Å². The Labute approximate surface area is 106 Å². The van der Waals surface area contributed by atoms with Crippen LogP contribution in [0.25, 0.3) is 0 Å². The number of rotatable bonds is 5. The molecule has 0 bridgehead atoms. The second-order valence-corrected chi connectivity index (χ2v) is 4.03. The maximum Gasteiger partial charge on any atom is 0.312 e. The number of hydrogen-bond acceptors (Lipinski definition) is 3. The third kappa shape index (κ3) is 3.83. The summed E-state index contributed by atoms with van der Waals surface area (Å²) in [7, 11) is 0. The average Bonchev–Trinajstić information content (AvgIpc) is 2.26. The summed E-state index contributed by atoms with van der Waals surface area (Å²) in [5.74, 6) is 0.638. The van der Waals surface area contributed by atoms with Gasteiger partial charge in [-0.1, -0.05) is 28.1 Å². The van der Waals surface area contributed by atoms with E-state index in [2.05, 4.69) is 15.9 Å². The molecule has 1 aromatic carbocycles. The highest BCUT2D eigenvalue weighted by Gasteiger charge is 2.14. The summed E-state index contributed by atoms with van der Waals surface area (Å²) in [6.45, 7) is 0.259. The van der Waals surface area contributed by atoms with E-state index < -0.39 is 4.92 Å². The molecule has 0 spiro atoms. The van der Waals surface area contributed by atoms with Crippen LogP contribution in [0.15, 0.2) is 34.8 Å². The molecule has 0 saturated heterocycles. The van der Waals surface area contributed by atoms with Gasteiger partial charge in [0.2, 0.25) is 0 Å². The van der Waals surface area contributed by atoms with Crippen LogP contribution in [0.5, 0.6) is 5.75 Å². The lowest BCUT2D eigenvalue weighted by Gasteiger charge is -2.04. The molecule has 0 aliphatic rings. The topological polar surface area (TPSA) is 52.4 Å². The molecule has 6 heteroatoms. The van der Waals surface area contributed by atoms with E-state index in [-0.39, 0.29) is 18.0 Å². The fourth-order valence-electron chi connectivity index (χ4n) is 1.02. The van der Waals surface area contributed by atoms with Crippen LogP contribution < -0.4 is 4.74 Å². The fourth-order valence-corrected chi connectivity index (χ4v) is 1.50. The summed E-state index contributed by atoms with van der Waals surface area (Å²) in [6, 6.07) is 4.64. The van der Waals surface area contributed by atoms with E-state index in [0.717, 1.165) is 0 Å². The summed E-state index contributed by atoms with van der Waals surface area (Å²) >= 11 is 8.60. The molecule has 16 heavy (non-hydrogen) atoms.